The summed E-state index contributed by atoms with van der Waals surface area (Å²) in [6.45, 7) is 6.74. The van der Waals surface area contributed by atoms with Gasteiger partial charge in [0.25, 0.3) is 0 Å². The van der Waals surface area contributed by atoms with Crippen molar-refractivity contribution in [2.45, 2.75) is 26.7 Å². The molecule has 2 heterocycles. The maximum atomic E-state index is 4.51. The van der Waals surface area contributed by atoms with E-state index >= 15 is 0 Å². The van der Waals surface area contributed by atoms with Gasteiger partial charge in [-0.05, 0) is 46.8 Å². The number of pyridine rings is 1. The van der Waals surface area contributed by atoms with E-state index in [0.717, 1.165) is 22.8 Å². The first-order chi connectivity index (χ1) is 7.20. The summed E-state index contributed by atoms with van der Waals surface area (Å²) in [4.78, 5) is 6.92. The van der Waals surface area contributed by atoms with Crippen LogP contribution in [0, 0.1) is 12.8 Å². The van der Waals surface area contributed by atoms with E-state index in [1.165, 1.54) is 24.9 Å². The third-order valence-electron chi connectivity index (χ3n) is 3.18. The highest BCUT2D eigenvalue weighted by Gasteiger charge is 2.22. The summed E-state index contributed by atoms with van der Waals surface area (Å²) in [5.41, 5.74) is 1.26. The molecule has 1 saturated heterocycles. The number of aromatic nitrogens is 1. The van der Waals surface area contributed by atoms with Gasteiger partial charge in [0.1, 0.15) is 5.82 Å². The maximum absolute atomic E-state index is 4.51. The van der Waals surface area contributed by atoms with Crippen molar-refractivity contribution >= 4 is 21.7 Å². The van der Waals surface area contributed by atoms with Gasteiger partial charge in [-0.3, -0.25) is 0 Å². The summed E-state index contributed by atoms with van der Waals surface area (Å²) in [6, 6.07) is 2.14. The Kier molecular flexibility index (Phi) is 3.29. The van der Waals surface area contributed by atoms with Crippen LogP contribution in [0.2, 0.25) is 0 Å². The van der Waals surface area contributed by atoms with Crippen LogP contribution in [0.3, 0.4) is 0 Å². The van der Waals surface area contributed by atoms with Crippen molar-refractivity contribution in [1.82, 2.24) is 4.98 Å². The molecule has 15 heavy (non-hydrogen) atoms. The molecule has 1 unspecified atom stereocenters. The van der Waals surface area contributed by atoms with Crippen LogP contribution in [-0.4, -0.2) is 18.1 Å². The first-order valence-corrected chi connectivity index (χ1v) is 6.37. The van der Waals surface area contributed by atoms with Gasteiger partial charge >= 0.3 is 0 Å². The normalized spacial score (nSPS) is 21.0. The van der Waals surface area contributed by atoms with Gasteiger partial charge in [-0.1, -0.05) is 13.3 Å². The van der Waals surface area contributed by atoms with E-state index < -0.39 is 0 Å². The van der Waals surface area contributed by atoms with E-state index in [4.69, 9.17) is 0 Å². The van der Waals surface area contributed by atoms with Gasteiger partial charge in [-0.2, -0.15) is 0 Å². The van der Waals surface area contributed by atoms with E-state index in [9.17, 15) is 0 Å². The summed E-state index contributed by atoms with van der Waals surface area (Å²) in [7, 11) is 0. The minimum Gasteiger partial charge on any atom is -0.356 e. The summed E-state index contributed by atoms with van der Waals surface area (Å²) < 4.78 is 1.06. The predicted molar refractivity (Wildman–Crippen MR) is 67.3 cm³/mol. The molecule has 3 heteroatoms. The maximum Gasteiger partial charge on any atom is 0.131 e. The molecule has 1 aliphatic heterocycles. The van der Waals surface area contributed by atoms with Crippen molar-refractivity contribution in [1.29, 1.82) is 0 Å². The van der Waals surface area contributed by atoms with E-state index in [-0.39, 0.29) is 0 Å². The summed E-state index contributed by atoms with van der Waals surface area (Å²) >= 11 is 3.45. The molecule has 1 fully saturated rings. The third kappa shape index (κ3) is 2.33. The lowest BCUT2D eigenvalue weighted by atomic mass is 10.1. The number of hydrogen-bond acceptors (Lipinski definition) is 2. The number of anilines is 1. The Morgan fingerprint density at radius 3 is 3.00 bits per heavy atom. The van der Waals surface area contributed by atoms with Gasteiger partial charge < -0.3 is 4.90 Å². The van der Waals surface area contributed by atoms with Gasteiger partial charge in [0.05, 0.1) is 0 Å². The van der Waals surface area contributed by atoms with Crippen molar-refractivity contribution in [3.8, 4) is 0 Å². The minimum absolute atomic E-state index is 0.856. The first kappa shape index (κ1) is 10.9. The highest BCUT2D eigenvalue weighted by molar-refractivity contribution is 9.10. The fourth-order valence-electron chi connectivity index (χ4n) is 2.22. The molecule has 1 aromatic rings. The molecule has 0 spiro atoms. The second-order valence-electron chi connectivity index (χ2n) is 4.30. The lowest BCUT2D eigenvalue weighted by Gasteiger charge is -2.19. The van der Waals surface area contributed by atoms with Crippen LogP contribution in [0.1, 0.15) is 25.3 Å². The Hall–Kier alpha value is -0.570. The molecule has 0 saturated carbocycles. The largest absolute Gasteiger partial charge is 0.356 e. The molecular formula is C12H17BrN2. The van der Waals surface area contributed by atoms with E-state index in [1.54, 1.807) is 0 Å². The molecule has 0 aromatic carbocycles. The standard InChI is InChI=1S/C12H17BrN2/c1-3-10-4-5-15(8-10)12-9(2)6-11(13)7-14-12/h6-7,10H,3-5,8H2,1-2H3. The number of hydrogen-bond donors (Lipinski definition) is 0. The van der Waals surface area contributed by atoms with Gasteiger partial charge in [-0.25, -0.2) is 4.98 Å². The highest BCUT2D eigenvalue weighted by atomic mass is 79.9. The number of nitrogens with zero attached hydrogens (tertiary/aromatic N) is 2. The van der Waals surface area contributed by atoms with Crippen molar-refractivity contribution in [2.24, 2.45) is 5.92 Å². The summed E-state index contributed by atoms with van der Waals surface area (Å²) in [5.74, 6) is 2.02. The Morgan fingerprint density at radius 1 is 1.60 bits per heavy atom. The van der Waals surface area contributed by atoms with E-state index in [1.807, 2.05) is 6.20 Å². The number of aryl methyl sites for hydroxylation is 1. The molecule has 82 valence electrons. The monoisotopic (exact) mass is 268 g/mol. The molecule has 0 radical (unpaired) electrons. The van der Waals surface area contributed by atoms with Crippen molar-refractivity contribution in [3.05, 3.63) is 22.3 Å². The molecule has 1 aliphatic rings. The van der Waals surface area contributed by atoms with Crippen LogP contribution in [0.15, 0.2) is 16.7 Å². The second-order valence-corrected chi connectivity index (χ2v) is 5.22. The summed E-state index contributed by atoms with van der Waals surface area (Å²) in [6.07, 6.45) is 4.49. The fourth-order valence-corrected chi connectivity index (χ4v) is 2.67. The lowest BCUT2D eigenvalue weighted by Crippen LogP contribution is -2.21. The predicted octanol–water partition coefficient (Wildman–Crippen LogP) is 3.39. The zero-order valence-corrected chi connectivity index (χ0v) is 10.9. The van der Waals surface area contributed by atoms with Gasteiger partial charge in [-0.15, -0.1) is 0 Å². The Balaban J connectivity index is 2.17. The van der Waals surface area contributed by atoms with Crippen molar-refractivity contribution in [2.75, 3.05) is 18.0 Å². The van der Waals surface area contributed by atoms with Crippen LogP contribution < -0.4 is 4.90 Å². The molecule has 1 atom stereocenters. The van der Waals surface area contributed by atoms with E-state index in [0.29, 0.717) is 0 Å². The Bertz CT molecular complexity index is 351. The summed E-state index contributed by atoms with van der Waals surface area (Å²) in [5, 5.41) is 0. The molecule has 2 rings (SSSR count). The minimum atomic E-state index is 0.856. The number of rotatable bonds is 2. The lowest BCUT2D eigenvalue weighted by molar-refractivity contribution is 0.568. The van der Waals surface area contributed by atoms with Crippen LogP contribution in [-0.2, 0) is 0 Å². The van der Waals surface area contributed by atoms with Crippen LogP contribution in [0.25, 0.3) is 0 Å². The smallest absolute Gasteiger partial charge is 0.131 e. The average molecular weight is 269 g/mol. The molecule has 0 aliphatic carbocycles. The van der Waals surface area contributed by atoms with Crippen LogP contribution in [0.5, 0.6) is 0 Å². The topological polar surface area (TPSA) is 16.1 Å². The third-order valence-corrected chi connectivity index (χ3v) is 3.61. The second kappa shape index (κ2) is 4.52. The average Bonchev–Trinajstić information content (AvgIpc) is 2.66. The zero-order valence-electron chi connectivity index (χ0n) is 9.33. The molecule has 1 aromatic heterocycles. The van der Waals surface area contributed by atoms with Crippen LogP contribution >= 0.6 is 15.9 Å². The Morgan fingerprint density at radius 2 is 2.40 bits per heavy atom. The van der Waals surface area contributed by atoms with Crippen molar-refractivity contribution < 1.29 is 0 Å². The fraction of sp³-hybridized carbons (Fsp3) is 0.583. The highest BCUT2D eigenvalue weighted by Crippen LogP contribution is 2.27. The Labute approximate surface area is 99.8 Å². The number of halogens is 1. The molecular weight excluding hydrogens is 252 g/mol. The van der Waals surface area contributed by atoms with Gasteiger partial charge in [0.15, 0.2) is 0 Å². The molecule has 0 amide bonds. The SMILES string of the molecule is CCC1CCN(c2ncc(Br)cc2C)C1. The molecule has 2 nitrogen and oxygen atoms in total. The van der Waals surface area contributed by atoms with E-state index in [2.05, 4.69) is 45.7 Å². The molecule has 0 bridgehead atoms. The van der Waals surface area contributed by atoms with Gasteiger partial charge in [0, 0.05) is 23.8 Å². The van der Waals surface area contributed by atoms with Gasteiger partial charge in [0.2, 0.25) is 0 Å². The first-order valence-electron chi connectivity index (χ1n) is 5.57. The molecule has 0 N–H and O–H groups in total. The van der Waals surface area contributed by atoms with Crippen LogP contribution in [0.4, 0.5) is 5.82 Å². The quantitative estimate of drug-likeness (QED) is 0.818. The van der Waals surface area contributed by atoms with Crippen molar-refractivity contribution in [3.63, 3.8) is 0 Å². The zero-order chi connectivity index (χ0) is 10.8.